The molecule has 0 fully saturated rings. The topological polar surface area (TPSA) is 26.3 Å². The third-order valence-electron chi connectivity index (χ3n) is 3.60. The molecule has 0 aliphatic carbocycles. The molecule has 2 aromatic rings. The van der Waals surface area contributed by atoms with Crippen molar-refractivity contribution in [3.63, 3.8) is 0 Å². The van der Waals surface area contributed by atoms with Crippen LogP contribution in [0.25, 0.3) is 10.8 Å². The monoisotopic (exact) mass is 298 g/mol. The first kappa shape index (κ1) is 16.0. The summed E-state index contributed by atoms with van der Waals surface area (Å²) in [7, 11) is 0. The number of terminal acetylenes is 1. The number of aryl methyl sites for hydroxylation is 1. The number of halogens is 1. The third-order valence-corrected chi connectivity index (χ3v) is 3.60. The summed E-state index contributed by atoms with van der Waals surface area (Å²) in [5, 5.41) is 1.46. The second kappa shape index (κ2) is 7.09. The van der Waals surface area contributed by atoms with E-state index in [2.05, 4.69) is 12.8 Å². The Kier molecular flexibility index (Phi) is 5.16. The molecule has 0 N–H and O–H groups in total. The molecule has 114 valence electrons. The van der Waals surface area contributed by atoms with Gasteiger partial charge in [0.1, 0.15) is 11.6 Å². The van der Waals surface area contributed by atoms with Gasteiger partial charge < -0.3 is 4.74 Å². The molecule has 0 aliphatic heterocycles. The molecule has 0 saturated heterocycles. The zero-order valence-corrected chi connectivity index (χ0v) is 12.9. The fourth-order valence-corrected chi connectivity index (χ4v) is 2.52. The number of carbonyl (C=O) groups excluding carboxylic acids is 1. The third kappa shape index (κ3) is 3.46. The van der Waals surface area contributed by atoms with Crippen molar-refractivity contribution in [2.24, 2.45) is 0 Å². The van der Waals surface area contributed by atoms with Crippen LogP contribution in [-0.4, -0.2) is 5.97 Å². The fraction of sp³-hybridized carbons (Fsp3) is 0.316. The summed E-state index contributed by atoms with van der Waals surface area (Å²) in [6, 6.07) is 6.43. The van der Waals surface area contributed by atoms with Gasteiger partial charge in [0.25, 0.3) is 0 Å². The number of carbonyl (C=O) groups is 1. The normalized spacial score (nSPS) is 10.5. The molecule has 0 saturated carbocycles. The Morgan fingerprint density at radius 3 is 2.77 bits per heavy atom. The first-order valence-corrected chi connectivity index (χ1v) is 7.47. The van der Waals surface area contributed by atoms with Crippen molar-refractivity contribution >= 4 is 16.7 Å². The van der Waals surface area contributed by atoms with Crippen molar-refractivity contribution in [2.75, 3.05) is 0 Å². The average Bonchev–Trinajstić information content (AvgIpc) is 2.48. The second-order valence-electron chi connectivity index (χ2n) is 5.34. The van der Waals surface area contributed by atoms with Gasteiger partial charge in [-0.2, -0.15) is 0 Å². The molecule has 2 nitrogen and oxygen atoms in total. The summed E-state index contributed by atoms with van der Waals surface area (Å²) >= 11 is 0. The SMILES string of the molecule is C#Cc1c(F)ccc2cc(OC(=O)CCCCC)cc(C)c12. The smallest absolute Gasteiger partial charge is 0.311 e. The minimum absolute atomic E-state index is 0.244. The van der Waals surface area contributed by atoms with Crippen LogP contribution in [0.5, 0.6) is 5.75 Å². The van der Waals surface area contributed by atoms with Crippen molar-refractivity contribution < 1.29 is 13.9 Å². The van der Waals surface area contributed by atoms with Crippen LogP contribution in [0.2, 0.25) is 0 Å². The lowest BCUT2D eigenvalue weighted by atomic mass is 9.99. The number of esters is 1. The van der Waals surface area contributed by atoms with Crippen molar-refractivity contribution in [1.29, 1.82) is 0 Å². The van der Waals surface area contributed by atoms with Crippen LogP contribution in [0, 0.1) is 25.1 Å². The van der Waals surface area contributed by atoms with Gasteiger partial charge in [-0.05, 0) is 42.5 Å². The molecule has 2 rings (SSSR count). The number of hydrogen-bond donors (Lipinski definition) is 0. The van der Waals surface area contributed by atoms with Gasteiger partial charge in [-0.1, -0.05) is 31.8 Å². The lowest BCUT2D eigenvalue weighted by Gasteiger charge is -2.10. The van der Waals surface area contributed by atoms with Crippen molar-refractivity contribution in [3.8, 4) is 18.1 Å². The van der Waals surface area contributed by atoms with E-state index in [0.29, 0.717) is 17.6 Å². The largest absolute Gasteiger partial charge is 0.426 e. The maximum absolute atomic E-state index is 13.8. The van der Waals surface area contributed by atoms with Gasteiger partial charge in [0, 0.05) is 11.8 Å². The molecule has 0 spiro atoms. The summed E-state index contributed by atoms with van der Waals surface area (Å²) in [6.45, 7) is 3.91. The lowest BCUT2D eigenvalue weighted by Crippen LogP contribution is -2.07. The molecule has 3 heteroatoms. The lowest BCUT2D eigenvalue weighted by molar-refractivity contribution is -0.134. The van der Waals surface area contributed by atoms with Gasteiger partial charge in [-0.3, -0.25) is 4.79 Å². The Morgan fingerprint density at radius 1 is 1.32 bits per heavy atom. The van der Waals surface area contributed by atoms with E-state index < -0.39 is 5.82 Å². The van der Waals surface area contributed by atoms with Crippen LogP contribution in [0.1, 0.15) is 43.7 Å². The number of fused-ring (bicyclic) bond motifs is 1. The molecule has 22 heavy (non-hydrogen) atoms. The number of unbranched alkanes of at least 4 members (excludes halogenated alkanes) is 2. The summed E-state index contributed by atoms with van der Waals surface area (Å²) < 4.78 is 19.1. The number of rotatable bonds is 5. The van der Waals surface area contributed by atoms with Crippen LogP contribution in [0.3, 0.4) is 0 Å². The van der Waals surface area contributed by atoms with Crippen molar-refractivity contribution in [2.45, 2.75) is 39.5 Å². The molecule has 0 unspecified atom stereocenters. The molecular weight excluding hydrogens is 279 g/mol. The Bertz CT molecular complexity index is 741. The Balaban J connectivity index is 2.29. The van der Waals surface area contributed by atoms with Crippen LogP contribution >= 0.6 is 0 Å². The molecule has 0 radical (unpaired) electrons. The van der Waals surface area contributed by atoms with Gasteiger partial charge >= 0.3 is 5.97 Å². The minimum atomic E-state index is -0.414. The molecule has 0 atom stereocenters. The van der Waals surface area contributed by atoms with E-state index in [1.165, 1.54) is 6.07 Å². The van der Waals surface area contributed by atoms with E-state index >= 15 is 0 Å². The zero-order chi connectivity index (χ0) is 16.1. The van der Waals surface area contributed by atoms with Crippen molar-refractivity contribution in [1.82, 2.24) is 0 Å². The van der Waals surface area contributed by atoms with Gasteiger partial charge in [-0.15, -0.1) is 6.42 Å². The van der Waals surface area contributed by atoms with Crippen LogP contribution in [-0.2, 0) is 4.79 Å². The molecule has 0 aliphatic rings. The van der Waals surface area contributed by atoms with Crippen LogP contribution in [0.15, 0.2) is 24.3 Å². The maximum atomic E-state index is 13.8. The summed E-state index contributed by atoms with van der Waals surface area (Å²) in [5.41, 5.74) is 1.04. The van der Waals surface area contributed by atoms with E-state index in [9.17, 15) is 9.18 Å². The van der Waals surface area contributed by atoms with E-state index in [4.69, 9.17) is 11.2 Å². The van der Waals surface area contributed by atoms with E-state index in [1.807, 2.05) is 6.92 Å². The zero-order valence-electron chi connectivity index (χ0n) is 12.9. The van der Waals surface area contributed by atoms with Gasteiger partial charge in [0.05, 0.1) is 5.56 Å². The Hall–Kier alpha value is -2.34. The number of ether oxygens (including phenoxy) is 1. The molecule has 0 heterocycles. The highest BCUT2D eigenvalue weighted by atomic mass is 19.1. The first-order chi connectivity index (χ1) is 10.6. The molecule has 0 bridgehead atoms. The van der Waals surface area contributed by atoms with Crippen LogP contribution in [0.4, 0.5) is 4.39 Å². The first-order valence-electron chi connectivity index (χ1n) is 7.47. The predicted molar refractivity (Wildman–Crippen MR) is 86.4 cm³/mol. The Morgan fingerprint density at radius 2 is 2.09 bits per heavy atom. The maximum Gasteiger partial charge on any atom is 0.311 e. The standard InChI is InChI=1S/C19H19FO2/c1-4-6-7-8-18(21)22-15-11-13(3)19-14(12-15)9-10-17(20)16(19)5-2/h2,9-12H,4,6-8H2,1,3H3. The summed E-state index contributed by atoms with van der Waals surface area (Å²) in [6.07, 6.45) is 8.70. The van der Waals surface area contributed by atoms with E-state index in [0.717, 1.165) is 30.2 Å². The molecule has 0 amide bonds. The van der Waals surface area contributed by atoms with Gasteiger partial charge in [0.15, 0.2) is 0 Å². The molecular formula is C19H19FO2. The van der Waals surface area contributed by atoms with Crippen molar-refractivity contribution in [3.05, 3.63) is 41.2 Å². The highest BCUT2D eigenvalue weighted by molar-refractivity contribution is 5.92. The van der Waals surface area contributed by atoms with Gasteiger partial charge in [0.2, 0.25) is 0 Å². The minimum Gasteiger partial charge on any atom is -0.426 e. The summed E-state index contributed by atoms with van der Waals surface area (Å²) in [5.74, 6) is 2.21. The fourth-order valence-electron chi connectivity index (χ4n) is 2.52. The average molecular weight is 298 g/mol. The Labute approximate surface area is 130 Å². The highest BCUT2D eigenvalue weighted by Gasteiger charge is 2.11. The predicted octanol–water partition coefficient (Wildman–Crippen LogP) is 4.75. The summed E-state index contributed by atoms with van der Waals surface area (Å²) in [4.78, 5) is 11.8. The second-order valence-corrected chi connectivity index (χ2v) is 5.34. The molecule has 0 aromatic heterocycles. The highest BCUT2D eigenvalue weighted by Crippen LogP contribution is 2.29. The van der Waals surface area contributed by atoms with E-state index in [-0.39, 0.29) is 11.5 Å². The number of hydrogen-bond acceptors (Lipinski definition) is 2. The van der Waals surface area contributed by atoms with E-state index in [1.54, 1.807) is 18.2 Å². The number of benzene rings is 2. The quantitative estimate of drug-likeness (QED) is 0.344. The molecule has 2 aromatic carbocycles. The van der Waals surface area contributed by atoms with Gasteiger partial charge in [-0.25, -0.2) is 4.39 Å². The van der Waals surface area contributed by atoms with Crippen LogP contribution < -0.4 is 4.74 Å².